The Morgan fingerprint density at radius 2 is 1.67 bits per heavy atom. The second kappa shape index (κ2) is 7.53. The van der Waals surface area contributed by atoms with Crippen molar-refractivity contribution in [1.29, 1.82) is 0 Å². The molecule has 0 amide bonds. The van der Waals surface area contributed by atoms with Gasteiger partial charge in [-0.05, 0) is 12.8 Å². The third-order valence-corrected chi connectivity index (χ3v) is 3.44. The molecular formula is C14H20O7. The van der Waals surface area contributed by atoms with Crippen LogP contribution in [0.4, 0.5) is 0 Å². The molecule has 7 heteroatoms. The Kier molecular flexibility index (Phi) is 5.72. The topological polar surface area (TPSA) is 109 Å². The number of ether oxygens (including phenoxy) is 3. The molecule has 118 valence electrons. The standard InChI is InChI=1S/C8H10O4.C6H10O3/c9-7(10)5-3-1-2-4-6(5)8(11)12;1(5-3-8-5)7-2-6-4-9-6/h1,3,5-6H,2,4H2,(H,9,10)(H,11,12);5-6H,1-4H2. The number of hydrogen-bond donors (Lipinski definition) is 2. The van der Waals surface area contributed by atoms with Gasteiger partial charge in [0.1, 0.15) is 12.2 Å². The van der Waals surface area contributed by atoms with Crippen LogP contribution >= 0.6 is 0 Å². The largest absolute Gasteiger partial charge is 0.481 e. The van der Waals surface area contributed by atoms with Gasteiger partial charge in [0.05, 0.1) is 38.3 Å². The molecule has 0 aromatic carbocycles. The van der Waals surface area contributed by atoms with Crippen molar-refractivity contribution < 1.29 is 34.0 Å². The van der Waals surface area contributed by atoms with E-state index in [-0.39, 0.29) is 0 Å². The average molecular weight is 300 g/mol. The van der Waals surface area contributed by atoms with Crippen LogP contribution in [-0.2, 0) is 23.8 Å². The first-order valence-electron chi connectivity index (χ1n) is 7.01. The lowest BCUT2D eigenvalue weighted by Gasteiger charge is -2.19. The van der Waals surface area contributed by atoms with Gasteiger partial charge in [-0.15, -0.1) is 0 Å². The molecule has 2 heterocycles. The zero-order chi connectivity index (χ0) is 15.2. The van der Waals surface area contributed by atoms with Crippen molar-refractivity contribution >= 4 is 11.9 Å². The van der Waals surface area contributed by atoms with Gasteiger partial charge in [0.25, 0.3) is 0 Å². The maximum absolute atomic E-state index is 10.6. The molecule has 0 aromatic rings. The van der Waals surface area contributed by atoms with E-state index in [4.69, 9.17) is 24.4 Å². The molecule has 0 saturated carbocycles. The van der Waals surface area contributed by atoms with Crippen molar-refractivity contribution in [3.8, 4) is 0 Å². The summed E-state index contributed by atoms with van der Waals surface area (Å²) in [6.07, 6.45) is 5.04. The highest BCUT2D eigenvalue weighted by Crippen LogP contribution is 2.24. The van der Waals surface area contributed by atoms with E-state index in [1.165, 1.54) is 6.08 Å². The van der Waals surface area contributed by atoms with E-state index in [0.717, 1.165) is 26.4 Å². The Balaban J connectivity index is 0.000000159. The Morgan fingerprint density at radius 1 is 1.10 bits per heavy atom. The molecule has 4 atom stereocenters. The van der Waals surface area contributed by atoms with Gasteiger partial charge in [-0.25, -0.2) is 0 Å². The highest BCUT2D eigenvalue weighted by atomic mass is 16.6. The molecule has 2 saturated heterocycles. The molecule has 7 nitrogen and oxygen atoms in total. The number of carboxylic acid groups (broad SMARTS) is 2. The van der Waals surface area contributed by atoms with E-state index in [1.807, 2.05) is 0 Å². The lowest BCUT2D eigenvalue weighted by Crippen LogP contribution is -2.30. The fourth-order valence-electron chi connectivity index (χ4n) is 2.02. The van der Waals surface area contributed by atoms with Crippen LogP contribution in [-0.4, -0.2) is 60.8 Å². The van der Waals surface area contributed by atoms with Crippen molar-refractivity contribution in [2.45, 2.75) is 25.0 Å². The predicted molar refractivity (Wildman–Crippen MR) is 70.9 cm³/mol. The summed E-state index contributed by atoms with van der Waals surface area (Å²) in [5.74, 6) is -3.69. The highest BCUT2D eigenvalue weighted by molar-refractivity contribution is 5.81. The number of aliphatic carboxylic acids is 2. The van der Waals surface area contributed by atoms with E-state index in [9.17, 15) is 9.59 Å². The SMILES string of the molecule is C(OCC1CO1)C1CO1.O=C(O)C1C=CCCC1C(=O)O. The number of carbonyl (C=O) groups is 2. The van der Waals surface area contributed by atoms with Gasteiger partial charge in [0.2, 0.25) is 0 Å². The fraction of sp³-hybridized carbons (Fsp3) is 0.714. The maximum Gasteiger partial charge on any atom is 0.311 e. The smallest absolute Gasteiger partial charge is 0.311 e. The highest BCUT2D eigenvalue weighted by Gasteiger charge is 2.32. The first-order valence-corrected chi connectivity index (χ1v) is 7.01. The van der Waals surface area contributed by atoms with Gasteiger partial charge in [0, 0.05) is 0 Å². The summed E-state index contributed by atoms with van der Waals surface area (Å²) in [7, 11) is 0. The van der Waals surface area contributed by atoms with E-state index in [2.05, 4.69) is 0 Å². The lowest BCUT2D eigenvalue weighted by atomic mass is 9.84. The second-order valence-corrected chi connectivity index (χ2v) is 5.26. The first-order chi connectivity index (χ1) is 10.1. The molecule has 3 rings (SSSR count). The van der Waals surface area contributed by atoms with Crippen molar-refractivity contribution in [2.24, 2.45) is 11.8 Å². The number of rotatable bonds is 6. The molecule has 0 radical (unpaired) electrons. The van der Waals surface area contributed by atoms with Gasteiger partial charge in [-0.3, -0.25) is 9.59 Å². The summed E-state index contributed by atoms with van der Waals surface area (Å²) >= 11 is 0. The molecule has 21 heavy (non-hydrogen) atoms. The van der Waals surface area contributed by atoms with Crippen LogP contribution in [0.15, 0.2) is 12.2 Å². The van der Waals surface area contributed by atoms with Gasteiger partial charge in [0.15, 0.2) is 0 Å². The van der Waals surface area contributed by atoms with Crippen LogP contribution < -0.4 is 0 Å². The molecule has 3 aliphatic rings. The average Bonchev–Trinajstić information content (AvgIpc) is 3.34. The van der Waals surface area contributed by atoms with Crippen LogP contribution in [0.3, 0.4) is 0 Å². The van der Waals surface area contributed by atoms with Gasteiger partial charge in [-0.1, -0.05) is 12.2 Å². The lowest BCUT2D eigenvalue weighted by molar-refractivity contribution is -0.152. The Morgan fingerprint density at radius 3 is 2.05 bits per heavy atom. The summed E-state index contributed by atoms with van der Waals surface area (Å²) in [6.45, 7) is 3.26. The van der Waals surface area contributed by atoms with Crippen LogP contribution in [0.2, 0.25) is 0 Å². The Labute approximate surface area is 122 Å². The predicted octanol–water partition coefficient (Wildman–Crippen LogP) is 0.539. The molecule has 0 bridgehead atoms. The van der Waals surface area contributed by atoms with Gasteiger partial charge < -0.3 is 24.4 Å². The van der Waals surface area contributed by atoms with Crippen molar-refractivity contribution in [3.63, 3.8) is 0 Å². The van der Waals surface area contributed by atoms with E-state index in [1.54, 1.807) is 6.08 Å². The Hall–Kier alpha value is -1.44. The molecule has 4 unspecified atom stereocenters. The normalized spacial score (nSPS) is 32.8. The third-order valence-electron chi connectivity index (χ3n) is 3.44. The number of epoxide rings is 2. The molecule has 2 N–H and O–H groups in total. The molecule has 2 fully saturated rings. The zero-order valence-electron chi connectivity index (χ0n) is 11.6. The van der Waals surface area contributed by atoms with Crippen molar-refractivity contribution in [3.05, 3.63) is 12.2 Å². The zero-order valence-corrected chi connectivity index (χ0v) is 11.6. The minimum absolute atomic E-state index is 0.392. The summed E-state index contributed by atoms with van der Waals surface area (Å²) in [4.78, 5) is 21.1. The molecule has 0 spiro atoms. The Bertz CT molecular complexity index is 386. The first kappa shape index (κ1) is 15.9. The van der Waals surface area contributed by atoms with Gasteiger partial charge >= 0.3 is 11.9 Å². The number of hydrogen-bond acceptors (Lipinski definition) is 5. The molecule has 0 aromatic heterocycles. The summed E-state index contributed by atoms with van der Waals surface area (Å²) in [5, 5.41) is 17.3. The second-order valence-electron chi connectivity index (χ2n) is 5.26. The minimum atomic E-state index is -1.06. The molecular weight excluding hydrogens is 280 g/mol. The van der Waals surface area contributed by atoms with E-state index >= 15 is 0 Å². The van der Waals surface area contributed by atoms with Crippen LogP contribution in [0, 0.1) is 11.8 Å². The van der Waals surface area contributed by atoms with Crippen molar-refractivity contribution in [2.75, 3.05) is 26.4 Å². The summed E-state index contributed by atoms with van der Waals surface area (Å²) < 4.78 is 15.1. The minimum Gasteiger partial charge on any atom is -0.481 e. The number of allylic oxidation sites excluding steroid dienone is 1. The number of carboxylic acids is 2. The van der Waals surface area contributed by atoms with Crippen LogP contribution in [0.25, 0.3) is 0 Å². The van der Waals surface area contributed by atoms with E-state index < -0.39 is 23.8 Å². The monoisotopic (exact) mass is 300 g/mol. The van der Waals surface area contributed by atoms with Gasteiger partial charge in [-0.2, -0.15) is 0 Å². The molecule has 1 aliphatic carbocycles. The van der Waals surface area contributed by atoms with Crippen LogP contribution in [0.1, 0.15) is 12.8 Å². The summed E-state index contributed by atoms with van der Waals surface area (Å²) in [5.41, 5.74) is 0. The quantitative estimate of drug-likeness (QED) is 0.544. The summed E-state index contributed by atoms with van der Waals surface area (Å²) in [6, 6.07) is 0. The van der Waals surface area contributed by atoms with Crippen LogP contribution in [0.5, 0.6) is 0 Å². The maximum atomic E-state index is 10.6. The third kappa shape index (κ3) is 5.82. The van der Waals surface area contributed by atoms with Crippen molar-refractivity contribution in [1.82, 2.24) is 0 Å². The fourth-order valence-corrected chi connectivity index (χ4v) is 2.02. The molecule has 2 aliphatic heterocycles. The van der Waals surface area contributed by atoms with E-state index in [0.29, 0.717) is 25.0 Å².